The molecule has 0 saturated carbocycles. The zero-order valence-corrected chi connectivity index (χ0v) is 22.2. The first-order valence-corrected chi connectivity index (χ1v) is 14.1. The van der Waals surface area contributed by atoms with E-state index in [1.165, 1.54) is 11.3 Å². The number of nitrogens with zero attached hydrogens (tertiary/aromatic N) is 1. The Labute approximate surface area is 209 Å². The maximum Gasteiger partial charge on any atom is 0.336 e. The monoisotopic (exact) mass is 528 g/mol. The zero-order valence-electron chi connectivity index (χ0n) is 20.5. The Morgan fingerprint density at radius 3 is 2.66 bits per heavy atom. The van der Waals surface area contributed by atoms with Gasteiger partial charge in [-0.3, -0.25) is 14.7 Å². The SMILES string of the molecule is CCOP(=O)(Cc1csc(NC(=O)c2cc(O[C@H]3CCOC3)cc(O[C@@H](C)COC)c2)n1)OCC. The fraction of sp³-hybridized carbons (Fsp3) is 0.565. The number of methoxy groups -OCH3 is 1. The van der Waals surface area contributed by atoms with Crippen molar-refractivity contribution in [1.29, 1.82) is 0 Å². The van der Waals surface area contributed by atoms with Gasteiger partial charge >= 0.3 is 7.60 Å². The van der Waals surface area contributed by atoms with Gasteiger partial charge in [0, 0.05) is 30.5 Å². The Hall–Kier alpha value is -2.01. The minimum atomic E-state index is -3.29. The molecule has 2 atom stereocenters. The van der Waals surface area contributed by atoms with E-state index < -0.39 is 7.60 Å². The second kappa shape index (κ2) is 13.3. The minimum absolute atomic E-state index is 0.0310. The van der Waals surface area contributed by atoms with Crippen LogP contribution >= 0.6 is 18.9 Å². The average Bonchev–Trinajstić information content (AvgIpc) is 3.46. The molecule has 0 bridgehead atoms. The summed E-state index contributed by atoms with van der Waals surface area (Å²) in [5.74, 6) is 0.633. The molecule has 1 aromatic carbocycles. The average molecular weight is 529 g/mol. The largest absolute Gasteiger partial charge is 0.488 e. The summed E-state index contributed by atoms with van der Waals surface area (Å²) in [5.41, 5.74) is 0.873. The van der Waals surface area contributed by atoms with Gasteiger partial charge in [-0.25, -0.2) is 4.98 Å². The van der Waals surface area contributed by atoms with Crippen molar-refractivity contribution in [2.45, 2.75) is 45.6 Å². The lowest BCUT2D eigenvalue weighted by atomic mass is 10.2. The van der Waals surface area contributed by atoms with Gasteiger partial charge in [-0.1, -0.05) is 0 Å². The highest BCUT2D eigenvalue weighted by molar-refractivity contribution is 7.53. The predicted molar refractivity (Wildman–Crippen MR) is 133 cm³/mol. The second-order valence-corrected chi connectivity index (χ2v) is 10.8. The number of hydrogen-bond acceptors (Lipinski definition) is 10. The van der Waals surface area contributed by atoms with Crippen LogP contribution in [0.1, 0.15) is 43.2 Å². The van der Waals surface area contributed by atoms with E-state index in [2.05, 4.69) is 10.3 Å². The molecule has 194 valence electrons. The van der Waals surface area contributed by atoms with Gasteiger partial charge in [0.2, 0.25) is 0 Å². The number of aromatic nitrogens is 1. The first-order valence-electron chi connectivity index (χ1n) is 11.5. The van der Waals surface area contributed by atoms with Crippen molar-refractivity contribution in [2.75, 3.05) is 45.5 Å². The summed E-state index contributed by atoms with van der Waals surface area (Å²) < 4.78 is 45.9. The van der Waals surface area contributed by atoms with Gasteiger partial charge in [-0.2, -0.15) is 0 Å². The van der Waals surface area contributed by atoms with Crippen LogP contribution < -0.4 is 14.8 Å². The lowest BCUT2D eigenvalue weighted by Gasteiger charge is -2.17. The van der Waals surface area contributed by atoms with Gasteiger partial charge < -0.3 is 28.0 Å². The highest BCUT2D eigenvalue weighted by atomic mass is 32.1. The van der Waals surface area contributed by atoms with Crippen LogP contribution in [-0.2, 0) is 29.2 Å². The van der Waals surface area contributed by atoms with E-state index in [4.69, 9.17) is 28.0 Å². The van der Waals surface area contributed by atoms with Gasteiger partial charge in [0.1, 0.15) is 23.7 Å². The lowest BCUT2D eigenvalue weighted by Crippen LogP contribution is -2.20. The number of anilines is 1. The minimum Gasteiger partial charge on any atom is -0.488 e. The van der Waals surface area contributed by atoms with Crippen molar-refractivity contribution < 1.29 is 37.4 Å². The number of hydrogen-bond donors (Lipinski definition) is 1. The molecule has 3 rings (SSSR count). The van der Waals surface area contributed by atoms with Gasteiger partial charge in [0.15, 0.2) is 5.13 Å². The summed E-state index contributed by atoms with van der Waals surface area (Å²) in [4.78, 5) is 17.4. The van der Waals surface area contributed by atoms with Crippen LogP contribution in [-0.4, -0.2) is 63.2 Å². The van der Waals surface area contributed by atoms with Crippen LogP contribution in [0.15, 0.2) is 23.6 Å². The van der Waals surface area contributed by atoms with Crippen molar-refractivity contribution in [1.82, 2.24) is 4.98 Å². The lowest BCUT2D eigenvalue weighted by molar-refractivity contribution is 0.0911. The molecule has 1 N–H and O–H groups in total. The molecule has 1 fully saturated rings. The molecule has 2 aromatic rings. The van der Waals surface area contributed by atoms with E-state index in [0.717, 1.165) is 6.42 Å². The second-order valence-electron chi connectivity index (χ2n) is 7.88. The zero-order chi connectivity index (χ0) is 25.3. The molecular formula is C23H33N2O8PS. The van der Waals surface area contributed by atoms with Crippen LogP contribution in [0.25, 0.3) is 0 Å². The summed E-state index contributed by atoms with van der Waals surface area (Å²) in [6.07, 6.45) is 0.518. The topological polar surface area (TPSA) is 114 Å². The molecule has 10 nitrogen and oxygen atoms in total. The van der Waals surface area contributed by atoms with Crippen LogP contribution in [0, 0.1) is 0 Å². The van der Waals surface area contributed by atoms with Crippen molar-refractivity contribution in [3.05, 3.63) is 34.8 Å². The van der Waals surface area contributed by atoms with E-state index in [1.54, 1.807) is 44.5 Å². The van der Waals surface area contributed by atoms with Gasteiger partial charge in [-0.05, 0) is 32.9 Å². The first-order chi connectivity index (χ1) is 16.8. The highest BCUT2D eigenvalue weighted by Gasteiger charge is 2.26. The first kappa shape index (κ1) is 27.6. The number of carbonyl (C=O) groups excluding carboxylic acids is 1. The van der Waals surface area contributed by atoms with E-state index >= 15 is 0 Å². The Morgan fingerprint density at radius 2 is 2.00 bits per heavy atom. The van der Waals surface area contributed by atoms with Gasteiger partial charge in [-0.15, -0.1) is 11.3 Å². The van der Waals surface area contributed by atoms with Crippen LogP contribution in [0.2, 0.25) is 0 Å². The number of nitrogens with one attached hydrogen (secondary N) is 1. The molecule has 12 heteroatoms. The Balaban J connectivity index is 1.74. The maximum atomic E-state index is 13.1. The number of thiazole rings is 1. The Bertz CT molecular complexity index is 1000. The molecule has 2 heterocycles. The molecular weight excluding hydrogens is 495 g/mol. The Kier molecular flexibility index (Phi) is 10.5. The number of ether oxygens (including phenoxy) is 4. The summed E-state index contributed by atoms with van der Waals surface area (Å²) in [6.45, 7) is 7.47. The number of amides is 1. The van der Waals surface area contributed by atoms with Gasteiger partial charge in [0.25, 0.3) is 5.91 Å². The fourth-order valence-corrected chi connectivity index (χ4v) is 5.90. The predicted octanol–water partition coefficient (Wildman–Crippen LogP) is 4.74. The number of rotatable bonds is 14. The normalized spacial score (nSPS) is 16.7. The quantitative estimate of drug-likeness (QED) is 0.347. The summed E-state index contributed by atoms with van der Waals surface area (Å²) in [7, 11) is -1.69. The fourth-order valence-electron chi connectivity index (χ4n) is 3.46. The summed E-state index contributed by atoms with van der Waals surface area (Å²) >= 11 is 1.23. The van der Waals surface area contributed by atoms with Crippen molar-refractivity contribution in [2.24, 2.45) is 0 Å². The third-order valence-electron chi connectivity index (χ3n) is 4.85. The molecule has 1 aliphatic rings. The molecule has 1 aliphatic heterocycles. The molecule has 1 aromatic heterocycles. The van der Waals surface area contributed by atoms with Crippen LogP contribution in [0.5, 0.6) is 11.5 Å². The number of carbonyl (C=O) groups is 1. The third-order valence-corrected chi connectivity index (χ3v) is 7.67. The Morgan fingerprint density at radius 1 is 1.26 bits per heavy atom. The highest BCUT2D eigenvalue weighted by Crippen LogP contribution is 2.51. The van der Waals surface area contributed by atoms with Crippen molar-refractivity contribution in [3.63, 3.8) is 0 Å². The summed E-state index contributed by atoms with van der Waals surface area (Å²) in [6, 6.07) is 5.06. The molecule has 0 aliphatic carbocycles. The molecule has 1 saturated heterocycles. The molecule has 0 spiro atoms. The third kappa shape index (κ3) is 8.56. The van der Waals surface area contributed by atoms with Crippen molar-refractivity contribution >= 4 is 30.0 Å². The smallest absolute Gasteiger partial charge is 0.336 e. The standard InChI is InChI=1S/C23H33N2O8PS/c1-5-30-34(27,31-6-2)14-18-15-35-23(24-18)25-22(26)17-9-20(32-16(3)12-28-4)11-21(10-17)33-19-7-8-29-13-19/h9-11,15-16,19H,5-8,12-14H2,1-4H3,(H,24,25,26)/t16-,19-/m0/s1. The molecule has 1 amide bonds. The number of benzene rings is 1. The van der Waals surface area contributed by atoms with Crippen molar-refractivity contribution in [3.8, 4) is 11.5 Å². The molecule has 35 heavy (non-hydrogen) atoms. The van der Waals surface area contributed by atoms with Crippen LogP contribution in [0.4, 0.5) is 5.13 Å². The van der Waals surface area contributed by atoms with E-state index in [0.29, 0.717) is 47.7 Å². The van der Waals surface area contributed by atoms with E-state index in [9.17, 15) is 9.36 Å². The molecule has 0 radical (unpaired) electrons. The van der Waals surface area contributed by atoms with Gasteiger partial charge in [0.05, 0.1) is 44.9 Å². The molecule has 0 unspecified atom stereocenters. The van der Waals surface area contributed by atoms with E-state index in [1.807, 2.05) is 6.92 Å². The summed E-state index contributed by atoms with van der Waals surface area (Å²) in [5, 5.41) is 4.89. The van der Waals surface area contributed by atoms with Crippen LogP contribution in [0.3, 0.4) is 0 Å². The van der Waals surface area contributed by atoms with E-state index in [-0.39, 0.29) is 37.5 Å². The maximum absolute atomic E-state index is 13.1.